The molecular weight excluding hydrogens is 304 g/mol. The van der Waals surface area contributed by atoms with Gasteiger partial charge in [-0.15, -0.1) is 11.8 Å². The summed E-state index contributed by atoms with van der Waals surface area (Å²) in [6, 6.07) is 9.84. The van der Waals surface area contributed by atoms with Crippen LogP contribution in [-0.4, -0.2) is 33.6 Å². The highest BCUT2D eigenvalue weighted by molar-refractivity contribution is 8.00. The lowest BCUT2D eigenvalue weighted by molar-refractivity contribution is -0.165. The minimum atomic E-state index is -0.670. The van der Waals surface area contributed by atoms with Gasteiger partial charge in [0.2, 0.25) is 0 Å². The molecule has 0 unspecified atom stereocenters. The number of hydrogen-bond donors (Lipinski definition) is 0. The van der Waals surface area contributed by atoms with Crippen molar-refractivity contribution in [3.05, 3.63) is 59.9 Å². The van der Waals surface area contributed by atoms with Crippen molar-refractivity contribution < 1.29 is 19.2 Å². The zero-order valence-corrected chi connectivity index (χ0v) is 12.1. The zero-order chi connectivity index (χ0) is 15.5. The van der Waals surface area contributed by atoms with E-state index in [0.29, 0.717) is 5.06 Å². The number of hydrogen-bond acceptors (Lipinski definition) is 6. The normalized spacial score (nSPS) is 13.2. The summed E-state index contributed by atoms with van der Waals surface area (Å²) in [5, 5.41) is 0.514. The third kappa shape index (κ3) is 2.71. The molecule has 22 heavy (non-hydrogen) atoms. The molecule has 2 heterocycles. The molecule has 0 saturated heterocycles. The smallest absolute Gasteiger partial charge is 0.329 e. The van der Waals surface area contributed by atoms with Crippen LogP contribution in [0.4, 0.5) is 0 Å². The maximum absolute atomic E-state index is 12.0. The molecule has 7 heteroatoms. The molecule has 0 radical (unpaired) electrons. The molecule has 1 aromatic carbocycles. The van der Waals surface area contributed by atoms with Crippen LogP contribution in [0.3, 0.4) is 0 Å². The Labute approximate surface area is 130 Å². The summed E-state index contributed by atoms with van der Waals surface area (Å²) in [5.74, 6) is -1.93. The zero-order valence-electron chi connectivity index (χ0n) is 11.3. The van der Waals surface area contributed by atoms with E-state index in [0.717, 1.165) is 4.90 Å². The first-order valence-corrected chi connectivity index (χ1v) is 7.37. The second-order valence-electron chi connectivity index (χ2n) is 4.39. The predicted octanol–water partition coefficient (Wildman–Crippen LogP) is 1.93. The molecule has 0 atom stereocenters. The summed E-state index contributed by atoms with van der Waals surface area (Å²) < 4.78 is 0. The van der Waals surface area contributed by atoms with E-state index < -0.39 is 17.8 Å². The largest absolute Gasteiger partial charge is 0.343 e. The van der Waals surface area contributed by atoms with E-state index >= 15 is 0 Å². The topological polar surface area (TPSA) is 76.6 Å². The molecule has 1 aliphatic heterocycles. The van der Waals surface area contributed by atoms with Gasteiger partial charge in [-0.3, -0.25) is 14.6 Å². The van der Waals surface area contributed by atoms with E-state index in [1.807, 2.05) is 0 Å². The molecule has 2 aromatic rings. The van der Waals surface area contributed by atoms with Crippen molar-refractivity contribution >= 4 is 29.5 Å². The second kappa shape index (κ2) is 5.98. The summed E-state index contributed by atoms with van der Waals surface area (Å²) in [4.78, 5) is 45.5. The van der Waals surface area contributed by atoms with Gasteiger partial charge in [0.05, 0.1) is 16.9 Å². The molecule has 2 amide bonds. The van der Waals surface area contributed by atoms with Gasteiger partial charge < -0.3 is 4.84 Å². The Balaban J connectivity index is 1.63. The Kier molecular flexibility index (Phi) is 3.88. The number of nitrogens with zero attached hydrogens (tertiary/aromatic N) is 2. The predicted molar refractivity (Wildman–Crippen MR) is 78.0 cm³/mol. The molecule has 0 spiro atoms. The van der Waals surface area contributed by atoms with E-state index in [4.69, 9.17) is 4.84 Å². The Hall–Kier alpha value is -2.67. The molecular formula is C15H10N2O4S. The number of carbonyl (C=O) groups excluding carboxylic acids is 3. The van der Waals surface area contributed by atoms with Crippen molar-refractivity contribution in [3.63, 3.8) is 0 Å². The summed E-state index contributed by atoms with van der Waals surface area (Å²) >= 11 is 1.23. The van der Waals surface area contributed by atoms with Gasteiger partial charge in [0.25, 0.3) is 11.8 Å². The van der Waals surface area contributed by atoms with Gasteiger partial charge in [-0.25, -0.2) is 4.79 Å². The van der Waals surface area contributed by atoms with Gasteiger partial charge in [-0.1, -0.05) is 17.2 Å². The Morgan fingerprint density at radius 3 is 2.23 bits per heavy atom. The number of fused-ring (bicyclic) bond motifs is 1. The second-order valence-corrected chi connectivity index (χ2v) is 5.43. The number of amides is 2. The highest BCUT2D eigenvalue weighted by Crippen LogP contribution is 2.23. The van der Waals surface area contributed by atoms with Crippen LogP contribution in [0, 0.1) is 0 Å². The summed E-state index contributed by atoms with van der Waals surface area (Å²) in [7, 11) is 0. The van der Waals surface area contributed by atoms with Gasteiger partial charge in [-0.2, -0.15) is 0 Å². The third-order valence-corrected chi connectivity index (χ3v) is 3.94. The highest BCUT2D eigenvalue weighted by atomic mass is 32.2. The summed E-state index contributed by atoms with van der Waals surface area (Å²) in [6.45, 7) is 0. The third-order valence-electron chi connectivity index (χ3n) is 2.96. The van der Waals surface area contributed by atoms with Crippen LogP contribution in [0.25, 0.3) is 0 Å². The van der Waals surface area contributed by atoms with E-state index in [1.54, 1.807) is 36.7 Å². The number of carbonyl (C=O) groups is 3. The molecule has 1 aromatic heterocycles. The van der Waals surface area contributed by atoms with Crippen LogP contribution in [0.1, 0.15) is 20.7 Å². The van der Waals surface area contributed by atoms with Crippen LogP contribution in [0.5, 0.6) is 0 Å². The first-order valence-electron chi connectivity index (χ1n) is 6.38. The van der Waals surface area contributed by atoms with Gasteiger partial charge in [-0.05, 0) is 24.3 Å². The van der Waals surface area contributed by atoms with E-state index in [9.17, 15) is 14.4 Å². The fraction of sp³-hybridized carbons (Fsp3) is 0.0667. The van der Waals surface area contributed by atoms with Gasteiger partial charge in [0, 0.05) is 17.3 Å². The van der Waals surface area contributed by atoms with Crippen molar-refractivity contribution in [2.75, 3.05) is 5.75 Å². The number of pyridine rings is 1. The molecule has 1 aliphatic rings. The quantitative estimate of drug-likeness (QED) is 0.634. The number of imide groups is 1. The lowest BCUT2D eigenvalue weighted by atomic mass is 10.1. The van der Waals surface area contributed by atoms with Crippen LogP contribution in [-0.2, 0) is 9.63 Å². The van der Waals surface area contributed by atoms with Crippen molar-refractivity contribution in [2.45, 2.75) is 4.90 Å². The van der Waals surface area contributed by atoms with Crippen LogP contribution >= 0.6 is 11.8 Å². The van der Waals surface area contributed by atoms with E-state index in [2.05, 4.69) is 4.98 Å². The molecule has 3 rings (SSSR count). The van der Waals surface area contributed by atoms with Crippen LogP contribution < -0.4 is 0 Å². The fourth-order valence-electron chi connectivity index (χ4n) is 1.95. The van der Waals surface area contributed by atoms with Crippen molar-refractivity contribution in [2.24, 2.45) is 0 Å². The van der Waals surface area contributed by atoms with Crippen molar-refractivity contribution in [1.29, 1.82) is 0 Å². The number of rotatable bonds is 4. The number of thioether (sulfide) groups is 1. The average molecular weight is 314 g/mol. The number of aromatic nitrogens is 1. The molecule has 0 saturated carbocycles. The van der Waals surface area contributed by atoms with Crippen LogP contribution in [0.2, 0.25) is 0 Å². The van der Waals surface area contributed by atoms with Crippen molar-refractivity contribution in [3.8, 4) is 0 Å². The molecule has 0 aliphatic carbocycles. The maximum atomic E-state index is 12.0. The number of benzene rings is 1. The lowest BCUT2D eigenvalue weighted by Gasteiger charge is -2.12. The first-order chi connectivity index (χ1) is 10.7. The van der Waals surface area contributed by atoms with Crippen molar-refractivity contribution in [1.82, 2.24) is 10.0 Å². The standard InChI is InChI=1S/C15H10N2O4S/c18-13(9-22-10-5-7-16-8-6-10)21-17-14(19)11-3-1-2-4-12(11)15(17)20/h1-8H,9H2. The fourth-order valence-corrected chi connectivity index (χ4v) is 2.61. The molecule has 0 bridgehead atoms. The van der Waals surface area contributed by atoms with Gasteiger partial charge in [0.15, 0.2) is 0 Å². The Morgan fingerprint density at radius 1 is 1.05 bits per heavy atom. The summed E-state index contributed by atoms with van der Waals surface area (Å²) in [6.07, 6.45) is 3.22. The highest BCUT2D eigenvalue weighted by Gasteiger charge is 2.38. The molecule has 110 valence electrons. The van der Waals surface area contributed by atoms with E-state index in [-0.39, 0.29) is 16.9 Å². The minimum Gasteiger partial charge on any atom is -0.329 e. The Morgan fingerprint density at radius 2 is 1.64 bits per heavy atom. The van der Waals surface area contributed by atoms with Gasteiger partial charge >= 0.3 is 5.97 Å². The maximum Gasteiger partial charge on any atom is 0.343 e. The van der Waals surface area contributed by atoms with Crippen LogP contribution in [0.15, 0.2) is 53.7 Å². The monoisotopic (exact) mass is 314 g/mol. The Bertz CT molecular complexity index is 713. The van der Waals surface area contributed by atoms with Gasteiger partial charge in [0.1, 0.15) is 0 Å². The molecule has 6 nitrogen and oxygen atoms in total. The number of hydroxylamine groups is 2. The summed E-state index contributed by atoms with van der Waals surface area (Å²) in [5.41, 5.74) is 0.476. The average Bonchev–Trinajstić information content (AvgIpc) is 2.79. The SMILES string of the molecule is O=C(CSc1ccncc1)ON1C(=O)c2ccccc2C1=O. The minimum absolute atomic E-state index is 0.0164. The lowest BCUT2D eigenvalue weighted by Crippen LogP contribution is -2.33. The first kappa shape index (κ1) is 14.3. The molecule has 0 fully saturated rings. The van der Waals surface area contributed by atoms with E-state index in [1.165, 1.54) is 23.9 Å². The molecule has 0 N–H and O–H groups in total.